The Balaban J connectivity index is 1.89. The van der Waals surface area contributed by atoms with E-state index in [1.807, 2.05) is 0 Å². The predicted molar refractivity (Wildman–Crippen MR) is 129 cm³/mol. The predicted octanol–water partition coefficient (Wildman–Crippen LogP) is 8.39. The van der Waals surface area contributed by atoms with Crippen molar-refractivity contribution in [2.75, 3.05) is 0 Å². The topological polar surface area (TPSA) is 0 Å². The van der Waals surface area contributed by atoms with Gasteiger partial charge in [-0.3, -0.25) is 0 Å². The summed E-state index contributed by atoms with van der Waals surface area (Å²) in [6, 6.07) is 26.4. The minimum Gasteiger partial charge on any atom is -0.0622 e. The third-order valence-electron chi connectivity index (χ3n) is 6.43. The second-order valence-corrected chi connectivity index (χ2v) is 10.4. The maximum atomic E-state index is 3.55. The lowest BCUT2D eigenvalue weighted by molar-refractivity contribution is 0.332. The van der Waals surface area contributed by atoms with Crippen molar-refractivity contribution in [2.45, 2.75) is 51.4 Å². The van der Waals surface area contributed by atoms with Gasteiger partial charge in [-0.2, -0.15) is 0 Å². The van der Waals surface area contributed by atoms with Gasteiger partial charge in [-0.05, 0) is 75.3 Å². The number of rotatable bonds is 3. The first kappa shape index (κ1) is 20.2. The molecule has 148 valence electrons. The molecule has 0 bridgehead atoms. The average Bonchev–Trinajstić information content (AvgIpc) is 2.71. The summed E-state index contributed by atoms with van der Waals surface area (Å²) in [6.07, 6.45) is 4.78. The normalized spacial score (nSPS) is 17.6. The molecular formula is C28H29Br. The van der Waals surface area contributed by atoms with E-state index in [-0.39, 0.29) is 10.8 Å². The zero-order chi connectivity index (χ0) is 20.6. The highest BCUT2D eigenvalue weighted by Crippen LogP contribution is 2.46. The zero-order valence-corrected chi connectivity index (χ0v) is 19.4. The number of halogens is 1. The molecule has 0 atom stereocenters. The first-order valence-corrected chi connectivity index (χ1v) is 11.2. The highest BCUT2D eigenvalue weighted by atomic mass is 79.9. The van der Waals surface area contributed by atoms with Crippen LogP contribution in [0.25, 0.3) is 11.6 Å². The van der Waals surface area contributed by atoms with Crippen LogP contribution in [0.2, 0.25) is 0 Å². The molecule has 1 aliphatic rings. The van der Waals surface area contributed by atoms with Gasteiger partial charge < -0.3 is 0 Å². The Morgan fingerprint density at radius 3 is 2.00 bits per heavy atom. The van der Waals surface area contributed by atoms with E-state index in [0.29, 0.717) is 0 Å². The Bertz CT molecular complexity index is 1040. The summed E-state index contributed by atoms with van der Waals surface area (Å²) in [6.45, 7) is 9.56. The highest BCUT2D eigenvalue weighted by Gasteiger charge is 2.37. The Kier molecular flexibility index (Phi) is 5.29. The maximum absolute atomic E-state index is 3.55. The lowest BCUT2D eigenvalue weighted by atomic mass is 9.63. The fraction of sp³-hybridized carbons (Fsp3) is 0.286. The molecule has 0 fully saturated rings. The Morgan fingerprint density at radius 1 is 0.724 bits per heavy atom. The van der Waals surface area contributed by atoms with Crippen molar-refractivity contribution < 1.29 is 0 Å². The van der Waals surface area contributed by atoms with Crippen LogP contribution in [0.1, 0.15) is 68.4 Å². The van der Waals surface area contributed by atoms with E-state index in [1.165, 1.54) is 46.2 Å². The minimum absolute atomic E-state index is 0.209. The Hall–Kier alpha value is -2.12. The molecule has 0 aliphatic heterocycles. The molecule has 0 amide bonds. The van der Waals surface area contributed by atoms with Gasteiger partial charge in [0, 0.05) is 4.47 Å². The van der Waals surface area contributed by atoms with Crippen molar-refractivity contribution in [3.05, 3.63) is 105 Å². The van der Waals surface area contributed by atoms with Gasteiger partial charge in [-0.1, -0.05) is 104 Å². The van der Waals surface area contributed by atoms with Gasteiger partial charge in [0.25, 0.3) is 0 Å². The van der Waals surface area contributed by atoms with Crippen LogP contribution in [0.3, 0.4) is 0 Å². The van der Waals surface area contributed by atoms with Crippen LogP contribution in [0.4, 0.5) is 0 Å². The second-order valence-electron chi connectivity index (χ2n) is 9.50. The van der Waals surface area contributed by atoms with E-state index in [0.717, 1.165) is 4.47 Å². The van der Waals surface area contributed by atoms with Crippen molar-refractivity contribution >= 4 is 27.6 Å². The molecule has 0 heterocycles. The zero-order valence-electron chi connectivity index (χ0n) is 17.8. The van der Waals surface area contributed by atoms with Gasteiger partial charge in [0.1, 0.15) is 0 Å². The Labute approximate surface area is 183 Å². The van der Waals surface area contributed by atoms with Gasteiger partial charge in [0.05, 0.1) is 0 Å². The minimum atomic E-state index is 0.209. The molecule has 0 N–H and O–H groups in total. The van der Waals surface area contributed by atoms with E-state index in [4.69, 9.17) is 0 Å². The first-order chi connectivity index (χ1) is 13.8. The van der Waals surface area contributed by atoms with Crippen molar-refractivity contribution in [1.82, 2.24) is 0 Å². The summed E-state index contributed by atoms with van der Waals surface area (Å²) in [5.41, 5.74) is 8.50. The van der Waals surface area contributed by atoms with Crippen molar-refractivity contribution in [2.24, 2.45) is 0 Å². The van der Waals surface area contributed by atoms with E-state index in [2.05, 4.69) is 122 Å². The van der Waals surface area contributed by atoms with Crippen LogP contribution in [-0.2, 0) is 10.8 Å². The molecule has 1 aliphatic carbocycles. The molecule has 29 heavy (non-hydrogen) atoms. The van der Waals surface area contributed by atoms with Crippen molar-refractivity contribution in [3.63, 3.8) is 0 Å². The van der Waals surface area contributed by atoms with Crippen LogP contribution in [-0.4, -0.2) is 0 Å². The molecule has 0 unspecified atom stereocenters. The SMILES string of the molecule is CC1(C)CCC(C)(C)c2cc(/C(=C\c3ccc(Br)cc3)c3ccccc3)ccc21. The maximum Gasteiger partial charge on any atom is 0.0175 e. The average molecular weight is 445 g/mol. The Morgan fingerprint density at radius 2 is 1.34 bits per heavy atom. The number of hydrogen-bond donors (Lipinski definition) is 0. The fourth-order valence-electron chi connectivity index (χ4n) is 4.43. The largest absolute Gasteiger partial charge is 0.0622 e. The van der Waals surface area contributed by atoms with Gasteiger partial charge in [0.15, 0.2) is 0 Å². The summed E-state index contributed by atoms with van der Waals surface area (Å²) in [5.74, 6) is 0. The van der Waals surface area contributed by atoms with Crippen LogP contribution in [0.15, 0.2) is 77.3 Å². The van der Waals surface area contributed by atoms with Crippen LogP contribution in [0, 0.1) is 0 Å². The van der Waals surface area contributed by atoms with Crippen LogP contribution >= 0.6 is 15.9 Å². The first-order valence-electron chi connectivity index (χ1n) is 10.4. The molecular weight excluding hydrogens is 416 g/mol. The third-order valence-corrected chi connectivity index (χ3v) is 6.96. The van der Waals surface area contributed by atoms with Crippen LogP contribution < -0.4 is 0 Å². The van der Waals surface area contributed by atoms with Gasteiger partial charge >= 0.3 is 0 Å². The van der Waals surface area contributed by atoms with E-state index < -0.39 is 0 Å². The van der Waals surface area contributed by atoms with Gasteiger partial charge in [-0.15, -0.1) is 0 Å². The number of hydrogen-bond acceptors (Lipinski definition) is 0. The lowest BCUT2D eigenvalue weighted by Gasteiger charge is -2.42. The monoisotopic (exact) mass is 444 g/mol. The molecule has 4 rings (SSSR count). The molecule has 0 nitrogen and oxygen atoms in total. The summed E-state index contributed by atoms with van der Waals surface area (Å²) >= 11 is 3.55. The van der Waals surface area contributed by atoms with Crippen LogP contribution in [0.5, 0.6) is 0 Å². The quantitative estimate of drug-likeness (QED) is 0.355. The summed E-state index contributed by atoms with van der Waals surface area (Å²) in [4.78, 5) is 0. The molecule has 0 radical (unpaired) electrons. The van der Waals surface area contributed by atoms with Crippen molar-refractivity contribution in [3.8, 4) is 0 Å². The molecule has 0 saturated heterocycles. The van der Waals surface area contributed by atoms with Gasteiger partial charge in [0.2, 0.25) is 0 Å². The standard InChI is InChI=1S/C28H29Br/c1-27(2)16-17-28(3,4)26-19-22(12-15-25(26)27)24(21-8-6-5-7-9-21)18-20-10-13-23(29)14-11-20/h5-15,18-19H,16-17H2,1-4H3/b24-18-. The molecule has 0 saturated carbocycles. The number of fused-ring (bicyclic) bond motifs is 1. The second kappa shape index (κ2) is 7.61. The fourth-order valence-corrected chi connectivity index (χ4v) is 4.70. The molecule has 1 heteroatoms. The summed E-state index contributed by atoms with van der Waals surface area (Å²) in [5, 5.41) is 0. The third kappa shape index (κ3) is 4.12. The molecule has 0 spiro atoms. The molecule has 3 aromatic rings. The highest BCUT2D eigenvalue weighted by molar-refractivity contribution is 9.10. The van der Waals surface area contributed by atoms with E-state index in [9.17, 15) is 0 Å². The van der Waals surface area contributed by atoms with E-state index >= 15 is 0 Å². The molecule has 3 aromatic carbocycles. The van der Waals surface area contributed by atoms with E-state index in [1.54, 1.807) is 0 Å². The summed E-state index contributed by atoms with van der Waals surface area (Å²) in [7, 11) is 0. The smallest absolute Gasteiger partial charge is 0.0175 e. The summed E-state index contributed by atoms with van der Waals surface area (Å²) < 4.78 is 1.11. The van der Waals surface area contributed by atoms with Crippen molar-refractivity contribution in [1.29, 1.82) is 0 Å². The lowest BCUT2D eigenvalue weighted by Crippen LogP contribution is -2.33. The number of benzene rings is 3. The molecule has 0 aromatic heterocycles. The van der Waals surface area contributed by atoms with Gasteiger partial charge in [-0.25, -0.2) is 0 Å².